The molecule has 1 amide bonds. The molecule has 1 aliphatic heterocycles. The Morgan fingerprint density at radius 2 is 2.26 bits per heavy atom. The quantitative estimate of drug-likeness (QED) is 0.757. The largest absolute Gasteiger partial charge is 0.396 e. The summed E-state index contributed by atoms with van der Waals surface area (Å²) in [6.45, 7) is 5.75. The van der Waals surface area contributed by atoms with Gasteiger partial charge in [-0.3, -0.25) is 9.89 Å². The number of nitrogens with zero attached hydrogens (tertiary/aromatic N) is 3. The number of H-pyrrole nitrogens is 1. The van der Waals surface area contributed by atoms with Gasteiger partial charge in [0.15, 0.2) is 0 Å². The summed E-state index contributed by atoms with van der Waals surface area (Å²) in [7, 11) is 3.76. The molecule has 0 saturated carbocycles. The van der Waals surface area contributed by atoms with Crippen LogP contribution < -0.4 is 0 Å². The number of methoxy groups -OCH3 is 1. The molecule has 1 aromatic rings. The Balaban J connectivity index is 1.98. The number of aliphatic hydroxyl groups is 1. The molecule has 1 saturated heterocycles. The van der Waals surface area contributed by atoms with Crippen LogP contribution in [0.1, 0.15) is 22.6 Å². The average Bonchev–Trinajstić information content (AvgIpc) is 2.98. The van der Waals surface area contributed by atoms with Crippen LogP contribution in [0.25, 0.3) is 0 Å². The summed E-state index contributed by atoms with van der Waals surface area (Å²) in [6.07, 6.45) is 0.942. The first kappa shape index (κ1) is 17.9. The van der Waals surface area contributed by atoms with Gasteiger partial charge in [-0.15, -0.1) is 0 Å². The highest BCUT2D eigenvalue weighted by molar-refractivity contribution is 5.92. The van der Waals surface area contributed by atoms with Crippen LogP contribution in [0, 0.1) is 18.8 Å². The maximum Gasteiger partial charge on any atom is 0.274 e. The SMILES string of the molecule is COCCN(C)C[C@H]1C[C@@H](CO)CN(C(=O)c2cc(C)[nH]n2)C1. The van der Waals surface area contributed by atoms with E-state index in [-0.39, 0.29) is 18.4 Å². The molecule has 1 aliphatic rings. The molecule has 2 atom stereocenters. The number of likely N-dealkylation sites (N-methyl/N-ethyl adjacent to an activating group) is 1. The Kier molecular flexibility index (Phi) is 6.56. The van der Waals surface area contributed by atoms with Crippen LogP contribution in [0.4, 0.5) is 0 Å². The zero-order chi connectivity index (χ0) is 16.8. The van der Waals surface area contributed by atoms with Crippen molar-refractivity contribution in [3.63, 3.8) is 0 Å². The van der Waals surface area contributed by atoms with Gasteiger partial charge in [0, 0.05) is 45.6 Å². The van der Waals surface area contributed by atoms with Crippen molar-refractivity contribution in [2.75, 3.05) is 53.6 Å². The number of ether oxygens (including phenoxy) is 1. The molecule has 1 fully saturated rings. The van der Waals surface area contributed by atoms with Crippen molar-refractivity contribution >= 4 is 5.91 Å². The first-order valence-corrected chi connectivity index (χ1v) is 8.13. The maximum atomic E-state index is 12.6. The van der Waals surface area contributed by atoms with Crippen LogP contribution in [0.3, 0.4) is 0 Å². The molecule has 0 radical (unpaired) electrons. The molecular weight excluding hydrogens is 296 g/mol. The minimum Gasteiger partial charge on any atom is -0.396 e. The Morgan fingerprint density at radius 3 is 2.87 bits per heavy atom. The van der Waals surface area contributed by atoms with Gasteiger partial charge in [0.2, 0.25) is 0 Å². The highest BCUT2D eigenvalue weighted by Crippen LogP contribution is 2.23. The fraction of sp³-hybridized carbons (Fsp3) is 0.750. The van der Waals surface area contributed by atoms with E-state index in [0.29, 0.717) is 31.3 Å². The molecule has 2 heterocycles. The third kappa shape index (κ3) is 5.02. The number of carbonyl (C=O) groups excluding carboxylic acids is 1. The van der Waals surface area contributed by atoms with Crippen LogP contribution >= 0.6 is 0 Å². The molecule has 0 bridgehead atoms. The van der Waals surface area contributed by atoms with E-state index in [1.807, 2.05) is 11.8 Å². The van der Waals surface area contributed by atoms with E-state index in [1.165, 1.54) is 0 Å². The molecule has 0 aromatic carbocycles. The predicted octanol–water partition coefficient (Wildman–Crippen LogP) is 0.367. The second kappa shape index (κ2) is 8.42. The van der Waals surface area contributed by atoms with Crippen molar-refractivity contribution in [3.05, 3.63) is 17.5 Å². The van der Waals surface area contributed by atoms with E-state index >= 15 is 0 Å². The Morgan fingerprint density at radius 1 is 1.52 bits per heavy atom. The van der Waals surface area contributed by atoms with Gasteiger partial charge in [0.1, 0.15) is 5.69 Å². The van der Waals surface area contributed by atoms with Crippen LogP contribution in [0.15, 0.2) is 6.07 Å². The summed E-state index contributed by atoms with van der Waals surface area (Å²) in [5, 5.41) is 16.4. The zero-order valence-corrected chi connectivity index (χ0v) is 14.3. The molecule has 130 valence electrons. The van der Waals surface area contributed by atoms with Crippen LogP contribution in [-0.2, 0) is 4.74 Å². The number of aryl methyl sites for hydroxylation is 1. The van der Waals surface area contributed by atoms with Crippen molar-refractivity contribution in [2.24, 2.45) is 11.8 Å². The number of aliphatic hydroxyl groups excluding tert-OH is 1. The minimum absolute atomic E-state index is 0.0583. The molecule has 0 spiro atoms. The lowest BCUT2D eigenvalue weighted by atomic mass is 9.89. The first-order valence-electron chi connectivity index (χ1n) is 8.13. The molecular formula is C16H28N4O3. The Labute approximate surface area is 137 Å². The number of piperidine rings is 1. The topological polar surface area (TPSA) is 81.7 Å². The van der Waals surface area contributed by atoms with Gasteiger partial charge in [-0.05, 0) is 38.3 Å². The second-order valence-electron chi connectivity index (χ2n) is 6.55. The Bertz CT molecular complexity index is 505. The Hall–Kier alpha value is -1.44. The standard InChI is InChI=1S/C16H28N4O3/c1-12-6-15(18-17-12)16(22)20-9-13(7-14(10-20)11-21)8-19(2)4-5-23-3/h6,13-14,21H,4-5,7-11H2,1-3H3,(H,17,18)/t13-,14-/m1/s1. The lowest BCUT2D eigenvalue weighted by molar-refractivity contribution is 0.0446. The number of nitrogens with one attached hydrogen (secondary N) is 1. The number of rotatable bonds is 7. The van der Waals surface area contributed by atoms with E-state index in [2.05, 4.69) is 22.1 Å². The second-order valence-corrected chi connectivity index (χ2v) is 6.55. The summed E-state index contributed by atoms with van der Waals surface area (Å²) < 4.78 is 5.11. The molecule has 2 rings (SSSR count). The maximum absolute atomic E-state index is 12.6. The van der Waals surface area contributed by atoms with E-state index < -0.39 is 0 Å². The van der Waals surface area contributed by atoms with Crippen LogP contribution in [-0.4, -0.2) is 84.6 Å². The molecule has 23 heavy (non-hydrogen) atoms. The number of likely N-dealkylation sites (tertiary alicyclic amines) is 1. The fourth-order valence-corrected chi connectivity index (χ4v) is 3.22. The van der Waals surface area contributed by atoms with E-state index in [0.717, 1.165) is 25.2 Å². The van der Waals surface area contributed by atoms with E-state index in [1.54, 1.807) is 13.2 Å². The highest BCUT2D eigenvalue weighted by Gasteiger charge is 2.31. The van der Waals surface area contributed by atoms with Gasteiger partial charge in [-0.1, -0.05) is 0 Å². The monoisotopic (exact) mass is 324 g/mol. The van der Waals surface area contributed by atoms with Gasteiger partial charge in [-0.25, -0.2) is 0 Å². The van der Waals surface area contributed by atoms with Crippen molar-refractivity contribution in [1.82, 2.24) is 20.0 Å². The van der Waals surface area contributed by atoms with Gasteiger partial charge < -0.3 is 19.6 Å². The first-order chi connectivity index (χ1) is 11.0. The predicted molar refractivity (Wildman–Crippen MR) is 87.3 cm³/mol. The van der Waals surface area contributed by atoms with Crippen molar-refractivity contribution in [2.45, 2.75) is 13.3 Å². The molecule has 7 nitrogen and oxygen atoms in total. The smallest absolute Gasteiger partial charge is 0.274 e. The lowest BCUT2D eigenvalue weighted by Gasteiger charge is -2.38. The van der Waals surface area contributed by atoms with Crippen molar-refractivity contribution in [1.29, 1.82) is 0 Å². The third-order valence-corrected chi connectivity index (χ3v) is 4.34. The van der Waals surface area contributed by atoms with Crippen LogP contribution in [0.2, 0.25) is 0 Å². The summed E-state index contributed by atoms with van der Waals surface area (Å²) in [6, 6.07) is 1.77. The number of hydrogen-bond acceptors (Lipinski definition) is 5. The summed E-state index contributed by atoms with van der Waals surface area (Å²) in [5.74, 6) is 0.428. The number of hydrogen-bond donors (Lipinski definition) is 2. The van der Waals surface area contributed by atoms with E-state index in [9.17, 15) is 9.90 Å². The number of aromatic amines is 1. The van der Waals surface area contributed by atoms with Gasteiger partial charge >= 0.3 is 0 Å². The molecule has 1 aromatic heterocycles. The number of aromatic nitrogens is 2. The van der Waals surface area contributed by atoms with Crippen molar-refractivity contribution < 1.29 is 14.6 Å². The molecule has 0 unspecified atom stereocenters. The van der Waals surface area contributed by atoms with Crippen molar-refractivity contribution in [3.8, 4) is 0 Å². The normalized spacial score (nSPS) is 21.9. The highest BCUT2D eigenvalue weighted by atomic mass is 16.5. The van der Waals surface area contributed by atoms with Gasteiger partial charge in [0.25, 0.3) is 5.91 Å². The minimum atomic E-state index is -0.0583. The van der Waals surface area contributed by atoms with E-state index in [4.69, 9.17) is 4.74 Å². The molecule has 2 N–H and O–H groups in total. The number of carbonyl (C=O) groups is 1. The summed E-state index contributed by atoms with van der Waals surface area (Å²) in [4.78, 5) is 16.7. The average molecular weight is 324 g/mol. The van der Waals surface area contributed by atoms with Gasteiger partial charge in [-0.2, -0.15) is 5.10 Å². The van der Waals surface area contributed by atoms with Gasteiger partial charge in [0.05, 0.1) is 6.61 Å². The zero-order valence-electron chi connectivity index (χ0n) is 14.3. The third-order valence-electron chi connectivity index (χ3n) is 4.34. The fourth-order valence-electron chi connectivity index (χ4n) is 3.22. The molecule has 0 aliphatic carbocycles. The number of amides is 1. The summed E-state index contributed by atoms with van der Waals surface area (Å²) >= 11 is 0. The lowest BCUT2D eigenvalue weighted by Crippen LogP contribution is -2.47. The molecule has 7 heteroatoms. The summed E-state index contributed by atoms with van der Waals surface area (Å²) in [5.41, 5.74) is 1.33. The van der Waals surface area contributed by atoms with Crippen LogP contribution in [0.5, 0.6) is 0 Å².